The summed E-state index contributed by atoms with van der Waals surface area (Å²) in [6, 6.07) is 5.86. The molecule has 0 fully saturated rings. The lowest BCUT2D eigenvalue weighted by Crippen LogP contribution is -2.18. The Hall–Kier alpha value is -2.63. The third-order valence-electron chi connectivity index (χ3n) is 6.02. The van der Waals surface area contributed by atoms with Crippen LogP contribution in [0.3, 0.4) is 0 Å². The van der Waals surface area contributed by atoms with Crippen molar-refractivity contribution in [3.05, 3.63) is 39.0 Å². The van der Waals surface area contributed by atoms with E-state index < -0.39 is 5.97 Å². The molecule has 3 aromatic rings. The van der Waals surface area contributed by atoms with Crippen LogP contribution < -0.4 is 14.9 Å². The first-order chi connectivity index (χ1) is 17.9. The second kappa shape index (κ2) is 12.7. The zero-order chi connectivity index (χ0) is 26.4. The number of aromatic nitrogens is 1. The minimum absolute atomic E-state index is 0.0837. The number of fused-ring (bicyclic) bond motifs is 2. The first-order valence-electron chi connectivity index (χ1n) is 12.4. The Balaban J connectivity index is 1.40. The van der Waals surface area contributed by atoms with Crippen molar-refractivity contribution in [1.82, 2.24) is 4.57 Å². The number of thioether (sulfide) groups is 1. The predicted molar refractivity (Wildman–Crippen MR) is 150 cm³/mol. The van der Waals surface area contributed by atoms with Crippen LogP contribution in [-0.2, 0) is 33.7 Å². The third kappa shape index (κ3) is 6.45. The molecule has 1 aliphatic rings. The van der Waals surface area contributed by atoms with Gasteiger partial charge in [-0.3, -0.25) is 9.59 Å². The number of anilines is 1. The van der Waals surface area contributed by atoms with Gasteiger partial charge in [-0.15, -0.1) is 23.1 Å². The highest BCUT2D eigenvalue weighted by atomic mass is 32.2. The van der Waals surface area contributed by atoms with Crippen molar-refractivity contribution >= 4 is 67.4 Å². The molecule has 1 aliphatic carbocycles. The zero-order valence-corrected chi connectivity index (χ0v) is 23.7. The fourth-order valence-electron chi connectivity index (χ4n) is 4.38. The molecule has 4 rings (SSSR count). The van der Waals surface area contributed by atoms with Gasteiger partial charge in [0.15, 0.2) is 4.80 Å². The maximum atomic E-state index is 12.7. The smallest absolute Gasteiger partial charge is 0.341 e. The number of hydrogen-bond acceptors (Lipinski definition) is 8. The molecule has 11 heteroatoms. The topological polar surface area (TPSA) is 99.0 Å². The molecule has 2 heterocycles. The average Bonchev–Trinajstić information content (AvgIpc) is 3.30. The summed E-state index contributed by atoms with van der Waals surface area (Å²) in [6.07, 6.45) is 4.96. The number of nitrogens with one attached hydrogen (secondary N) is 1. The van der Waals surface area contributed by atoms with Gasteiger partial charge in [-0.1, -0.05) is 17.8 Å². The molecule has 1 N–H and O–H groups in total. The van der Waals surface area contributed by atoms with Crippen LogP contribution >= 0.6 is 34.4 Å². The van der Waals surface area contributed by atoms with Gasteiger partial charge in [-0.05, 0) is 63.3 Å². The summed E-state index contributed by atoms with van der Waals surface area (Å²) in [4.78, 5) is 43.8. The molecule has 0 atom stereocenters. The summed E-state index contributed by atoms with van der Waals surface area (Å²) in [5.41, 5.74) is 2.49. The Morgan fingerprint density at radius 3 is 2.68 bits per heavy atom. The molecule has 2 amide bonds. The van der Waals surface area contributed by atoms with E-state index in [0.29, 0.717) is 28.5 Å². The number of nitrogens with zero attached hydrogens (tertiary/aromatic N) is 2. The number of ether oxygens (including phenoxy) is 2. The maximum absolute atomic E-state index is 12.7. The van der Waals surface area contributed by atoms with Crippen LogP contribution in [0.1, 0.15) is 53.9 Å². The van der Waals surface area contributed by atoms with Crippen LogP contribution in [0.2, 0.25) is 0 Å². The summed E-state index contributed by atoms with van der Waals surface area (Å²) in [5, 5.41) is 3.42. The summed E-state index contributed by atoms with van der Waals surface area (Å²) in [7, 11) is 1.36. The second-order valence-corrected chi connectivity index (χ2v) is 11.6. The lowest BCUT2D eigenvalue weighted by molar-refractivity contribution is -0.115. The van der Waals surface area contributed by atoms with Gasteiger partial charge in [0.25, 0.3) is 5.91 Å². The van der Waals surface area contributed by atoms with Crippen LogP contribution in [0.25, 0.3) is 10.2 Å². The van der Waals surface area contributed by atoms with Crippen molar-refractivity contribution < 1.29 is 23.9 Å². The van der Waals surface area contributed by atoms with Crippen molar-refractivity contribution in [1.29, 1.82) is 0 Å². The van der Waals surface area contributed by atoms with E-state index in [1.54, 1.807) is 0 Å². The number of amides is 2. The second-order valence-electron chi connectivity index (χ2n) is 8.50. The fourth-order valence-corrected chi connectivity index (χ4v) is 7.41. The molecule has 0 unspecified atom stereocenters. The van der Waals surface area contributed by atoms with E-state index in [1.807, 2.05) is 36.6 Å². The largest absolute Gasteiger partial charge is 0.494 e. The van der Waals surface area contributed by atoms with Gasteiger partial charge in [-0.2, -0.15) is 4.99 Å². The van der Waals surface area contributed by atoms with Crippen LogP contribution in [0.5, 0.6) is 5.75 Å². The molecule has 0 saturated heterocycles. The van der Waals surface area contributed by atoms with E-state index >= 15 is 0 Å². The molecular formula is C26H31N3O5S3. The van der Waals surface area contributed by atoms with E-state index in [-0.39, 0.29) is 23.3 Å². The van der Waals surface area contributed by atoms with Crippen molar-refractivity contribution in [3.8, 4) is 5.75 Å². The molecule has 198 valence electrons. The van der Waals surface area contributed by atoms with E-state index in [0.717, 1.165) is 58.5 Å². The molecule has 1 aromatic carbocycles. The van der Waals surface area contributed by atoms with Crippen LogP contribution in [-0.4, -0.2) is 47.6 Å². The lowest BCUT2D eigenvalue weighted by Gasteiger charge is -2.07. The quantitative estimate of drug-likeness (QED) is 0.290. The first kappa shape index (κ1) is 27.4. The number of thiophene rings is 1. The van der Waals surface area contributed by atoms with Gasteiger partial charge in [-0.25, -0.2) is 4.79 Å². The number of benzene rings is 1. The maximum Gasteiger partial charge on any atom is 0.341 e. The van der Waals surface area contributed by atoms with Gasteiger partial charge in [0.05, 0.1) is 41.0 Å². The van der Waals surface area contributed by atoms with E-state index in [9.17, 15) is 14.4 Å². The molecular weight excluding hydrogens is 531 g/mol. The third-order valence-corrected chi connectivity index (χ3v) is 9.19. The summed E-state index contributed by atoms with van der Waals surface area (Å²) < 4.78 is 13.6. The molecule has 0 radical (unpaired) electrons. The Kier molecular flexibility index (Phi) is 9.44. The van der Waals surface area contributed by atoms with Crippen molar-refractivity contribution in [2.24, 2.45) is 4.99 Å². The van der Waals surface area contributed by atoms with E-state index in [2.05, 4.69) is 10.3 Å². The van der Waals surface area contributed by atoms with Crippen LogP contribution in [0.15, 0.2) is 23.2 Å². The van der Waals surface area contributed by atoms with Crippen molar-refractivity contribution in [2.45, 2.75) is 52.5 Å². The van der Waals surface area contributed by atoms with Gasteiger partial charge < -0.3 is 19.4 Å². The predicted octanol–water partition coefficient (Wildman–Crippen LogP) is 5.04. The van der Waals surface area contributed by atoms with Gasteiger partial charge in [0, 0.05) is 11.4 Å². The van der Waals surface area contributed by atoms with Crippen LogP contribution in [0.4, 0.5) is 5.00 Å². The molecule has 37 heavy (non-hydrogen) atoms. The Labute approximate surface area is 228 Å². The number of carbonyl (C=O) groups excluding carboxylic acids is 3. The van der Waals surface area contributed by atoms with Crippen LogP contribution in [0, 0.1) is 0 Å². The highest BCUT2D eigenvalue weighted by Gasteiger charge is 2.26. The minimum atomic E-state index is -0.419. The molecule has 2 aromatic heterocycles. The Morgan fingerprint density at radius 2 is 1.92 bits per heavy atom. The molecule has 0 saturated carbocycles. The van der Waals surface area contributed by atoms with E-state index in [1.165, 1.54) is 41.5 Å². The first-order valence-corrected chi connectivity index (χ1v) is 15.2. The van der Waals surface area contributed by atoms with Crippen molar-refractivity contribution in [2.75, 3.05) is 30.5 Å². The monoisotopic (exact) mass is 561 g/mol. The highest BCUT2D eigenvalue weighted by Crippen LogP contribution is 2.38. The number of hydrogen-bond donors (Lipinski definition) is 1. The fraction of sp³-hybridized carbons (Fsp3) is 0.462. The Morgan fingerprint density at radius 1 is 1.11 bits per heavy atom. The summed E-state index contributed by atoms with van der Waals surface area (Å²) in [6.45, 7) is 5.22. The number of aryl methyl sites for hydroxylation is 2. The standard InChI is InChI=1S/C26H31N3O5S3/c1-4-29-18-12-11-16(34-5-2)13-20(18)37-26(29)28-22(31)15-35-14-21(30)27-24-23(25(32)33-3)17-9-7-6-8-10-19(17)36-24/h11-13H,4-10,14-15H2,1-3H3,(H,27,30). The number of methoxy groups -OCH3 is 1. The summed E-state index contributed by atoms with van der Waals surface area (Å²) in [5.74, 6) is -0.0142. The number of thiazole rings is 1. The van der Waals surface area contributed by atoms with E-state index in [4.69, 9.17) is 9.47 Å². The molecule has 0 bridgehead atoms. The Bertz CT molecular complexity index is 1370. The summed E-state index contributed by atoms with van der Waals surface area (Å²) >= 11 is 4.11. The highest BCUT2D eigenvalue weighted by molar-refractivity contribution is 8.00. The SMILES string of the molecule is CCOc1ccc2c(c1)sc(=NC(=O)CSCC(=O)Nc1sc3c(c1C(=O)OC)CCCCC3)n2CC. The number of esters is 1. The minimum Gasteiger partial charge on any atom is -0.494 e. The van der Waals surface area contributed by atoms with Gasteiger partial charge >= 0.3 is 5.97 Å². The molecule has 8 nitrogen and oxygen atoms in total. The van der Waals surface area contributed by atoms with Gasteiger partial charge in [0.2, 0.25) is 5.91 Å². The normalized spacial score (nSPS) is 13.8. The molecule has 0 aliphatic heterocycles. The zero-order valence-electron chi connectivity index (χ0n) is 21.3. The average molecular weight is 562 g/mol. The lowest BCUT2D eigenvalue weighted by atomic mass is 10.1. The number of rotatable bonds is 9. The van der Waals surface area contributed by atoms with Crippen molar-refractivity contribution in [3.63, 3.8) is 0 Å². The number of carbonyl (C=O) groups is 3. The van der Waals surface area contributed by atoms with Gasteiger partial charge in [0.1, 0.15) is 10.8 Å². The molecule has 0 spiro atoms.